The van der Waals surface area contributed by atoms with E-state index in [1.807, 2.05) is 23.6 Å². The lowest BCUT2D eigenvalue weighted by molar-refractivity contribution is -0.120. The lowest BCUT2D eigenvalue weighted by Crippen LogP contribution is -2.42. The van der Waals surface area contributed by atoms with Crippen LogP contribution in [0.25, 0.3) is 0 Å². The summed E-state index contributed by atoms with van der Waals surface area (Å²) in [5.41, 5.74) is 1.29. The molecule has 3 nitrogen and oxygen atoms in total. The summed E-state index contributed by atoms with van der Waals surface area (Å²) in [5.74, 6) is 0.926. The smallest absolute Gasteiger partial charge is 0.225 e. The second-order valence-corrected chi connectivity index (χ2v) is 7.74. The summed E-state index contributed by atoms with van der Waals surface area (Å²) in [6.45, 7) is 5.24. The van der Waals surface area contributed by atoms with Crippen LogP contribution in [0.1, 0.15) is 36.2 Å². The lowest BCUT2D eigenvalue weighted by atomic mass is 9.95. The van der Waals surface area contributed by atoms with E-state index in [1.165, 1.54) is 18.4 Å². The van der Waals surface area contributed by atoms with E-state index in [2.05, 4.69) is 41.4 Å². The standard InChI is InChI=1S/C20H26N2OS/c1-16-9-11-22(12-10-16)19(17-6-3-2-4-7-17)15-21-20(23)14-18-8-5-13-24-18/h2-8,13,16,19H,9-12,14-15H2,1H3,(H,21,23). The molecule has 4 heteroatoms. The number of nitrogens with zero attached hydrogens (tertiary/aromatic N) is 1. The van der Waals surface area contributed by atoms with E-state index in [4.69, 9.17) is 0 Å². The first-order valence-electron chi connectivity index (χ1n) is 8.80. The maximum absolute atomic E-state index is 12.3. The van der Waals surface area contributed by atoms with Gasteiger partial charge >= 0.3 is 0 Å². The van der Waals surface area contributed by atoms with Crippen LogP contribution in [0.15, 0.2) is 47.8 Å². The van der Waals surface area contributed by atoms with Gasteiger partial charge in [-0.05, 0) is 48.9 Å². The number of carbonyl (C=O) groups is 1. The molecule has 1 aliphatic heterocycles. The Labute approximate surface area is 148 Å². The fourth-order valence-corrected chi connectivity index (χ4v) is 4.02. The third-order valence-electron chi connectivity index (χ3n) is 4.85. The minimum atomic E-state index is 0.115. The Morgan fingerprint density at radius 2 is 1.96 bits per heavy atom. The molecule has 24 heavy (non-hydrogen) atoms. The third-order valence-corrected chi connectivity index (χ3v) is 5.73. The number of carbonyl (C=O) groups excluding carboxylic acids is 1. The summed E-state index contributed by atoms with van der Waals surface area (Å²) in [7, 11) is 0. The number of thiophene rings is 1. The van der Waals surface area contributed by atoms with Crippen molar-refractivity contribution < 1.29 is 4.79 Å². The number of nitrogens with one attached hydrogen (secondary N) is 1. The first kappa shape index (κ1) is 17.2. The molecular weight excluding hydrogens is 316 g/mol. The molecule has 0 bridgehead atoms. The van der Waals surface area contributed by atoms with Crippen LogP contribution in [-0.2, 0) is 11.2 Å². The van der Waals surface area contributed by atoms with Crippen LogP contribution < -0.4 is 5.32 Å². The highest BCUT2D eigenvalue weighted by atomic mass is 32.1. The average molecular weight is 343 g/mol. The highest BCUT2D eigenvalue weighted by molar-refractivity contribution is 7.10. The highest BCUT2D eigenvalue weighted by Crippen LogP contribution is 2.26. The van der Waals surface area contributed by atoms with Crippen LogP contribution in [0.2, 0.25) is 0 Å². The van der Waals surface area contributed by atoms with Gasteiger partial charge in [0.2, 0.25) is 5.91 Å². The number of rotatable bonds is 6. The molecule has 0 aliphatic carbocycles. The maximum Gasteiger partial charge on any atom is 0.225 e. The molecule has 1 N–H and O–H groups in total. The fraction of sp³-hybridized carbons (Fsp3) is 0.450. The van der Waals surface area contributed by atoms with Gasteiger partial charge in [0.05, 0.1) is 12.5 Å². The predicted molar refractivity (Wildman–Crippen MR) is 100 cm³/mol. The molecule has 3 rings (SSSR count). The van der Waals surface area contributed by atoms with Crippen LogP contribution in [0, 0.1) is 5.92 Å². The van der Waals surface area contributed by atoms with Gasteiger partial charge in [-0.3, -0.25) is 9.69 Å². The zero-order valence-electron chi connectivity index (χ0n) is 14.3. The molecule has 0 spiro atoms. The Morgan fingerprint density at radius 3 is 2.62 bits per heavy atom. The Hall–Kier alpha value is -1.65. The van der Waals surface area contributed by atoms with Gasteiger partial charge < -0.3 is 5.32 Å². The minimum absolute atomic E-state index is 0.115. The summed E-state index contributed by atoms with van der Waals surface area (Å²) in [6, 6.07) is 14.9. The van der Waals surface area contributed by atoms with E-state index in [-0.39, 0.29) is 11.9 Å². The van der Waals surface area contributed by atoms with Gasteiger partial charge in [-0.2, -0.15) is 0 Å². The van der Waals surface area contributed by atoms with Crippen molar-refractivity contribution in [1.82, 2.24) is 10.2 Å². The van der Waals surface area contributed by atoms with Gasteiger partial charge in [-0.15, -0.1) is 11.3 Å². The first-order chi connectivity index (χ1) is 11.7. The minimum Gasteiger partial charge on any atom is -0.354 e. The quantitative estimate of drug-likeness (QED) is 0.864. The highest BCUT2D eigenvalue weighted by Gasteiger charge is 2.24. The van der Waals surface area contributed by atoms with Gasteiger partial charge in [0, 0.05) is 11.4 Å². The van der Waals surface area contributed by atoms with Crippen molar-refractivity contribution >= 4 is 17.2 Å². The molecule has 2 heterocycles. The number of likely N-dealkylation sites (tertiary alicyclic amines) is 1. The summed E-state index contributed by atoms with van der Waals surface area (Å²) in [6.07, 6.45) is 2.97. The van der Waals surface area contributed by atoms with Crippen molar-refractivity contribution in [3.63, 3.8) is 0 Å². The molecule has 1 amide bonds. The number of piperidine rings is 1. The maximum atomic E-state index is 12.3. The molecule has 1 aliphatic rings. The molecule has 128 valence electrons. The van der Waals surface area contributed by atoms with Crippen molar-refractivity contribution in [3.8, 4) is 0 Å². The number of hydrogen-bond acceptors (Lipinski definition) is 3. The number of amides is 1. The van der Waals surface area contributed by atoms with Gasteiger partial charge in [0.25, 0.3) is 0 Å². The fourth-order valence-electron chi connectivity index (χ4n) is 3.32. The second kappa shape index (κ2) is 8.45. The van der Waals surface area contributed by atoms with Gasteiger partial charge in [-0.1, -0.05) is 43.3 Å². The lowest BCUT2D eigenvalue weighted by Gasteiger charge is -2.37. The van der Waals surface area contributed by atoms with Crippen LogP contribution in [0.4, 0.5) is 0 Å². The SMILES string of the molecule is CC1CCN(C(CNC(=O)Cc2cccs2)c2ccccc2)CC1. The van der Waals surface area contributed by atoms with E-state index >= 15 is 0 Å². The molecule has 1 unspecified atom stereocenters. The average Bonchev–Trinajstić information content (AvgIpc) is 3.10. The Kier molecular flexibility index (Phi) is 6.05. The number of hydrogen-bond donors (Lipinski definition) is 1. The van der Waals surface area contributed by atoms with E-state index in [0.717, 1.165) is 23.9 Å². The summed E-state index contributed by atoms with van der Waals surface area (Å²) in [5, 5.41) is 5.17. The predicted octanol–water partition coefficient (Wildman–Crippen LogP) is 3.88. The van der Waals surface area contributed by atoms with E-state index in [0.29, 0.717) is 13.0 Å². The zero-order chi connectivity index (χ0) is 16.8. The van der Waals surface area contributed by atoms with Crippen LogP contribution in [0.5, 0.6) is 0 Å². The molecule has 1 aromatic heterocycles. The molecule has 0 saturated carbocycles. The van der Waals surface area contributed by atoms with Crippen LogP contribution >= 0.6 is 11.3 Å². The van der Waals surface area contributed by atoms with Gasteiger partial charge in [-0.25, -0.2) is 0 Å². The Morgan fingerprint density at radius 1 is 1.21 bits per heavy atom. The van der Waals surface area contributed by atoms with Crippen molar-refractivity contribution in [2.45, 2.75) is 32.2 Å². The molecule has 0 radical (unpaired) electrons. The largest absolute Gasteiger partial charge is 0.354 e. The first-order valence-corrected chi connectivity index (χ1v) is 9.68. The van der Waals surface area contributed by atoms with Crippen LogP contribution in [-0.4, -0.2) is 30.4 Å². The second-order valence-electron chi connectivity index (χ2n) is 6.71. The zero-order valence-corrected chi connectivity index (χ0v) is 15.1. The molecule has 1 aromatic carbocycles. The van der Waals surface area contributed by atoms with Crippen molar-refractivity contribution in [3.05, 3.63) is 58.3 Å². The molecular formula is C20H26N2OS. The molecule has 1 fully saturated rings. The van der Waals surface area contributed by atoms with Crippen molar-refractivity contribution in [2.24, 2.45) is 5.92 Å². The number of benzene rings is 1. The van der Waals surface area contributed by atoms with E-state index in [9.17, 15) is 4.79 Å². The molecule has 2 aromatic rings. The van der Waals surface area contributed by atoms with E-state index < -0.39 is 0 Å². The summed E-state index contributed by atoms with van der Waals surface area (Å²) >= 11 is 1.64. The monoisotopic (exact) mass is 342 g/mol. The third kappa shape index (κ3) is 4.68. The van der Waals surface area contributed by atoms with Gasteiger partial charge in [0.1, 0.15) is 0 Å². The van der Waals surface area contributed by atoms with Gasteiger partial charge in [0.15, 0.2) is 0 Å². The normalized spacial score (nSPS) is 17.5. The van der Waals surface area contributed by atoms with Crippen LogP contribution in [0.3, 0.4) is 0 Å². The van der Waals surface area contributed by atoms with Crippen molar-refractivity contribution in [2.75, 3.05) is 19.6 Å². The Bertz CT molecular complexity index is 618. The topological polar surface area (TPSA) is 32.3 Å². The molecule has 1 saturated heterocycles. The Balaban J connectivity index is 1.62. The summed E-state index contributed by atoms with van der Waals surface area (Å²) in [4.78, 5) is 15.9. The molecule has 1 atom stereocenters. The van der Waals surface area contributed by atoms with E-state index in [1.54, 1.807) is 11.3 Å². The summed E-state index contributed by atoms with van der Waals surface area (Å²) < 4.78 is 0. The van der Waals surface area contributed by atoms with Crippen molar-refractivity contribution in [1.29, 1.82) is 0 Å².